The second kappa shape index (κ2) is 7.66. The van der Waals surface area contributed by atoms with Crippen LogP contribution in [0.25, 0.3) is 0 Å². The van der Waals surface area contributed by atoms with Crippen LogP contribution in [0.2, 0.25) is 0 Å². The highest BCUT2D eigenvalue weighted by Gasteiger charge is 2.35. The van der Waals surface area contributed by atoms with Gasteiger partial charge in [-0.15, -0.1) is 0 Å². The average Bonchev–Trinajstić information content (AvgIpc) is 2.51. The topological polar surface area (TPSA) is 63.7 Å². The maximum Gasteiger partial charge on any atom is 0.321 e. The molecule has 0 N–H and O–H groups in total. The lowest BCUT2D eigenvalue weighted by Crippen LogP contribution is -2.45. The van der Waals surface area contributed by atoms with Gasteiger partial charge in [0.25, 0.3) is 0 Å². The van der Waals surface area contributed by atoms with Gasteiger partial charge >= 0.3 is 5.97 Å². The van der Waals surface area contributed by atoms with Gasteiger partial charge in [0.1, 0.15) is 6.54 Å². The number of esters is 1. The van der Waals surface area contributed by atoms with Gasteiger partial charge in [-0.3, -0.25) is 4.79 Å². The van der Waals surface area contributed by atoms with Crippen LogP contribution in [0.4, 0.5) is 0 Å². The van der Waals surface area contributed by atoms with Gasteiger partial charge in [-0.2, -0.15) is 4.31 Å². The van der Waals surface area contributed by atoms with Crippen molar-refractivity contribution in [1.82, 2.24) is 4.31 Å². The van der Waals surface area contributed by atoms with Gasteiger partial charge in [0.15, 0.2) is 0 Å². The van der Waals surface area contributed by atoms with Crippen molar-refractivity contribution >= 4 is 16.0 Å². The second-order valence-electron chi connectivity index (χ2n) is 6.65. The zero-order valence-electron chi connectivity index (χ0n) is 15.0. The summed E-state index contributed by atoms with van der Waals surface area (Å²) in [5.41, 5.74) is 2.47. The summed E-state index contributed by atoms with van der Waals surface area (Å²) in [6, 6.07) is 3.61. The second-order valence-corrected chi connectivity index (χ2v) is 8.47. The Morgan fingerprint density at radius 3 is 2.17 bits per heavy atom. The van der Waals surface area contributed by atoms with Gasteiger partial charge in [0, 0.05) is 6.04 Å². The van der Waals surface area contributed by atoms with Crippen LogP contribution in [0.15, 0.2) is 17.0 Å². The average molecular weight is 353 g/mol. The van der Waals surface area contributed by atoms with Gasteiger partial charge < -0.3 is 4.74 Å². The smallest absolute Gasteiger partial charge is 0.321 e. The molecule has 1 aromatic rings. The number of carbonyl (C=O) groups is 1. The van der Waals surface area contributed by atoms with E-state index < -0.39 is 16.0 Å². The summed E-state index contributed by atoms with van der Waals surface area (Å²) >= 11 is 0. The molecule has 0 amide bonds. The summed E-state index contributed by atoms with van der Waals surface area (Å²) in [5, 5.41) is 0. The highest BCUT2D eigenvalue weighted by Crippen LogP contribution is 2.31. The Morgan fingerprint density at radius 2 is 1.67 bits per heavy atom. The van der Waals surface area contributed by atoms with E-state index >= 15 is 0 Å². The highest BCUT2D eigenvalue weighted by atomic mass is 32.2. The largest absolute Gasteiger partial charge is 0.468 e. The molecular formula is C18H27NO4S. The molecule has 1 aliphatic carbocycles. The molecule has 0 heterocycles. The lowest BCUT2D eigenvalue weighted by molar-refractivity contribution is -0.141. The molecule has 0 saturated heterocycles. The number of sulfonamides is 1. The van der Waals surface area contributed by atoms with Crippen LogP contribution in [0, 0.1) is 20.8 Å². The van der Waals surface area contributed by atoms with E-state index in [1.807, 2.05) is 32.9 Å². The number of benzene rings is 1. The molecule has 0 aromatic heterocycles. The van der Waals surface area contributed by atoms with Crippen molar-refractivity contribution in [2.75, 3.05) is 13.7 Å². The fourth-order valence-electron chi connectivity index (χ4n) is 3.66. The maximum absolute atomic E-state index is 13.4. The minimum atomic E-state index is -3.75. The Labute approximate surface area is 145 Å². The maximum atomic E-state index is 13.4. The summed E-state index contributed by atoms with van der Waals surface area (Å²) in [4.78, 5) is 12.2. The van der Waals surface area contributed by atoms with Crippen LogP contribution < -0.4 is 0 Å². The standard InChI is InChI=1S/C18H27NO4S/c1-13-10-14(2)18(15(3)11-13)24(21,22)19(12-17(20)23-4)16-8-6-5-7-9-16/h10-11,16H,5-9,12H2,1-4H3. The quantitative estimate of drug-likeness (QED) is 0.763. The molecule has 0 unspecified atom stereocenters. The Kier molecular flexibility index (Phi) is 6.04. The van der Waals surface area contributed by atoms with Crippen LogP contribution in [-0.2, 0) is 19.6 Å². The third kappa shape index (κ3) is 3.98. The molecular weight excluding hydrogens is 326 g/mol. The predicted molar refractivity (Wildman–Crippen MR) is 93.4 cm³/mol. The number of methoxy groups -OCH3 is 1. The minimum absolute atomic E-state index is 0.136. The van der Waals surface area contributed by atoms with E-state index in [2.05, 4.69) is 0 Å². The van der Waals surface area contributed by atoms with Crippen LogP contribution in [0.1, 0.15) is 48.8 Å². The third-order valence-corrected chi connectivity index (χ3v) is 6.87. The summed E-state index contributed by atoms with van der Waals surface area (Å²) in [6.07, 6.45) is 4.68. The Morgan fingerprint density at radius 1 is 1.12 bits per heavy atom. The number of aryl methyl sites for hydroxylation is 3. The van der Waals surface area contributed by atoms with Crippen molar-refractivity contribution in [2.24, 2.45) is 0 Å². The van der Waals surface area contributed by atoms with Crippen molar-refractivity contribution in [2.45, 2.75) is 63.8 Å². The molecule has 0 aliphatic heterocycles. The van der Waals surface area contributed by atoms with E-state index in [-0.39, 0.29) is 12.6 Å². The van der Waals surface area contributed by atoms with E-state index in [1.165, 1.54) is 11.4 Å². The first-order chi connectivity index (χ1) is 11.3. The molecule has 24 heavy (non-hydrogen) atoms. The molecule has 0 spiro atoms. The number of hydrogen-bond donors (Lipinski definition) is 0. The van der Waals surface area contributed by atoms with E-state index in [0.29, 0.717) is 4.90 Å². The molecule has 134 valence electrons. The molecule has 2 rings (SSSR count). The number of hydrogen-bond acceptors (Lipinski definition) is 4. The minimum Gasteiger partial charge on any atom is -0.468 e. The van der Waals surface area contributed by atoms with E-state index in [0.717, 1.165) is 48.8 Å². The van der Waals surface area contributed by atoms with Gasteiger partial charge in [0.2, 0.25) is 10.0 Å². The lowest BCUT2D eigenvalue weighted by Gasteiger charge is -2.33. The normalized spacial score (nSPS) is 16.4. The molecule has 1 aromatic carbocycles. The molecule has 6 heteroatoms. The van der Waals surface area contributed by atoms with Crippen molar-refractivity contribution in [3.8, 4) is 0 Å². The molecule has 0 bridgehead atoms. The van der Waals surface area contributed by atoms with Crippen LogP contribution in [0.5, 0.6) is 0 Å². The SMILES string of the molecule is COC(=O)CN(C1CCCCC1)S(=O)(=O)c1c(C)cc(C)cc1C. The first-order valence-electron chi connectivity index (χ1n) is 8.44. The molecule has 1 fully saturated rings. The zero-order chi connectivity index (χ0) is 17.9. The van der Waals surface area contributed by atoms with Gasteiger partial charge in [-0.25, -0.2) is 8.42 Å². The lowest BCUT2D eigenvalue weighted by atomic mass is 9.95. The fraction of sp³-hybridized carbons (Fsp3) is 0.611. The van der Waals surface area contributed by atoms with Crippen LogP contribution >= 0.6 is 0 Å². The molecule has 1 saturated carbocycles. The number of carbonyl (C=O) groups excluding carboxylic acids is 1. The van der Waals surface area contributed by atoms with Gasteiger partial charge in [-0.1, -0.05) is 37.0 Å². The van der Waals surface area contributed by atoms with Crippen molar-refractivity contribution in [3.05, 3.63) is 28.8 Å². The zero-order valence-corrected chi connectivity index (χ0v) is 15.8. The number of nitrogens with zero attached hydrogens (tertiary/aromatic N) is 1. The first kappa shape index (κ1) is 18.9. The number of ether oxygens (including phenoxy) is 1. The summed E-state index contributed by atoms with van der Waals surface area (Å²) < 4.78 is 32.8. The van der Waals surface area contributed by atoms with E-state index in [4.69, 9.17) is 4.74 Å². The van der Waals surface area contributed by atoms with Crippen molar-refractivity contribution in [1.29, 1.82) is 0 Å². The third-order valence-electron chi connectivity index (χ3n) is 4.67. The summed E-state index contributed by atoms with van der Waals surface area (Å²) in [7, 11) is -2.46. The van der Waals surface area contributed by atoms with Crippen molar-refractivity contribution in [3.63, 3.8) is 0 Å². The van der Waals surface area contributed by atoms with Crippen LogP contribution in [0.3, 0.4) is 0 Å². The summed E-state index contributed by atoms with van der Waals surface area (Å²) in [5.74, 6) is -0.522. The molecule has 1 aliphatic rings. The monoisotopic (exact) mass is 353 g/mol. The fourth-order valence-corrected chi connectivity index (χ4v) is 5.71. The van der Waals surface area contributed by atoms with Crippen LogP contribution in [-0.4, -0.2) is 38.4 Å². The Balaban J connectivity index is 2.48. The van der Waals surface area contributed by atoms with E-state index in [1.54, 1.807) is 0 Å². The molecule has 0 radical (unpaired) electrons. The van der Waals surface area contributed by atoms with Gasteiger partial charge in [-0.05, 0) is 44.7 Å². The summed E-state index contributed by atoms with van der Waals surface area (Å²) in [6.45, 7) is 5.34. The Hall–Kier alpha value is -1.40. The van der Waals surface area contributed by atoms with Crippen molar-refractivity contribution < 1.29 is 17.9 Å². The molecule has 5 nitrogen and oxygen atoms in total. The van der Waals surface area contributed by atoms with E-state index in [9.17, 15) is 13.2 Å². The first-order valence-corrected chi connectivity index (χ1v) is 9.88. The predicted octanol–water partition coefficient (Wildman–Crippen LogP) is 3.11. The van der Waals surface area contributed by atoms with Gasteiger partial charge in [0.05, 0.1) is 12.0 Å². The highest BCUT2D eigenvalue weighted by molar-refractivity contribution is 7.89. The Bertz CT molecular complexity index is 683. The molecule has 0 atom stereocenters. The number of rotatable bonds is 5.